The third-order valence-corrected chi connectivity index (χ3v) is 4.02. The van der Waals surface area contributed by atoms with Crippen LogP contribution in [0.25, 0.3) is 0 Å². The van der Waals surface area contributed by atoms with Gasteiger partial charge in [0, 0.05) is 12.7 Å². The van der Waals surface area contributed by atoms with E-state index in [4.69, 9.17) is 4.74 Å². The maximum Gasteiger partial charge on any atom is 0.258 e. The van der Waals surface area contributed by atoms with Gasteiger partial charge in [0.2, 0.25) is 0 Å². The fourth-order valence-corrected chi connectivity index (χ4v) is 2.79. The van der Waals surface area contributed by atoms with E-state index >= 15 is 0 Å². The number of fused-ring (bicyclic) bond motifs is 1. The Morgan fingerprint density at radius 3 is 2.82 bits per heavy atom. The molecule has 0 unspecified atom stereocenters. The largest absolute Gasteiger partial charge is 0.484 e. The van der Waals surface area contributed by atoms with Crippen LogP contribution in [-0.2, 0) is 31.2 Å². The summed E-state index contributed by atoms with van der Waals surface area (Å²) in [5.74, 6) is 1.48. The van der Waals surface area contributed by atoms with Crippen molar-refractivity contribution in [1.29, 1.82) is 0 Å². The quantitative estimate of drug-likeness (QED) is 0.918. The lowest BCUT2D eigenvalue weighted by Gasteiger charge is -2.11. The van der Waals surface area contributed by atoms with E-state index in [1.54, 1.807) is 0 Å². The van der Waals surface area contributed by atoms with Crippen LogP contribution < -0.4 is 10.1 Å². The van der Waals surface area contributed by atoms with Gasteiger partial charge in [-0.05, 0) is 37.8 Å². The number of carbonyl (C=O) groups excluding carboxylic acids is 1. The molecule has 0 bridgehead atoms. The third-order valence-electron chi connectivity index (χ3n) is 4.02. The number of nitrogens with one attached hydrogen (secondary N) is 1. The van der Waals surface area contributed by atoms with Gasteiger partial charge in [-0.15, -0.1) is 0 Å². The first-order valence-electron chi connectivity index (χ1n) is 7.72. The van der Waals surface area contributed by atoms with Gasteiger partial charge in [-0.2, -0.15) is 0 Å². The monoisotopic (exact) mass is 299 g/mol. The number of benzene rings is 1. The molecule has 1 aromatic carbocycles. The van der Waals surface area contributed by atoms with Crippen LogP contribution in [0.1, 0.15) is 30.1 Å². The number of carbonyl (C=O) groups is 1. The van der Waals surface area contributed by atoms with Crippen molar-refractivity contribution in [3.05, 3.63) is 47.5 Å². The minimum atomic E-state index is -0.134. The smallest absolute Gasteiger partial charge is 0.258 e. The van der Waals surface area contributed by atoms with E-state index in [9.17, 15) is 4.79 Å². The van der Waals surface area contributed by atoms with Crippen molar-refractivity contribution in [3.63, 3.8) is 0 Å². The lowest BCUT2D eigenvalue weighted by atomic mass is 10.0. The summed E-state index contributed by atoms with van der Waals surface area (Å²) < 4.78 is 7.55. The van der Waals surface area contributed by atoms with Crippen molar-refractivity contribution in [2.45, 2.75) is 32.2 Å². The summed E-state index contributed by atoms with van der Waals surface area (Å²) in [6.45, 7) is 0.467. The Hall–Kier alpha value is -2.30. The summed E-state index contributed by atoms with van der Waals surface area (Å²) in [7, 11) is 2.03. The first-order chi connectivity index (χ1) is 10.7. The molecule has 116 valence electrons. The van der Waals surface area contributed by atoms with Crippen molar-refractivity contribution < 1.29 is 9.53 Å². The Balaban J connectivity index is 1.52. The fraction of sp³-hybridized carbons (Fsp3) is 0.412. The van der Waals surface area contributed by atoms with Gasteiger partial charge in [0.1, 0.15) is 11.6 Å². The molecule has 22 heavy (non-hydrogen) atoms. The molecular formula is C17H21N3O2. The summed E-state index contributed by atoms with van der Waals surface area (Å²) >= 11 is 0. The molecule has 0 spiro atoms. The average molecular weight is 299 g/mol. The predicted octanol–water partition coefficient (Wildman–Crippen LogP) is 1.99. The molecule has 1 amide bonds. The number of nitrogens with zero attached hydrogens (tertiary/aromatic N) is 2. The van der Waals surface area contributed by atoms with E-state index < -0.39 is 0 Å². The average Bonchev–Trinajstić information content (AvgIpc) is 2.88. The van der Waals surface area contributed by atoms with Crippen LogP contribution in [0.4, 0.5) is 0 Å². The molecule has 2 aromatic rings. The highest BCUT2D eigenvalue weighted by Gasteiger charge is 2.17. The normalized spacial score (nSPS) is 13.5. The van der Waals surface area contributed by atoms with Crippen LogP contribution >= 0.6 is 0 Å². The molecular weight excluding hydrogens is 278 g/mol. The molecule has 1 heterocycles. The number of aromatic nitrogens is 2. The highest BCUT2D eigenvalue weighted by molar-refractivity contribution is 5.77. The number of para-hydroxylation sites is 1. The number of rotatable bonds is 5. The molecule has 0 aliphatic heterocycles. The number of ether oxygens (including phenoxy) is 1. The van der Waals surface area contributed by atoms with E-state index in [0.29, 0.717) is 12.3 Å². The minimum absolute atomic E-state index is 0.0220. The van der Waals surface area contributed by atoms with Gasteiger partial charge in [-0.1, -0.05) is 18.2 Å². The van der Waals surface area contributed by atoms with Crippen molar-refractivity contribution >= 4 is 5.91 Å². The molecule has 1 N–H and O–H groups in total. The SMILES string of the molecule is Cn1c(CNC(=O)COc2ccccc2)nc2c1CCCC2. The number of imidazole rings is 1. The zero-order chi connectivity index (χ0) is 15.4. The van der Waals surface area contributed by atoms with Gasteiger partial charge >= 0.3 is 0 Å². The van der Waals surface area contributed by atoms with Crippen molar-refractivity contribution in [1.82, 2.24) is 14.9 Å². The van der Waals surface area contributed by atoms with Crippen LogP contribution in [-0.4, -0.2) is 22.1 Å². The summed E-state index contributed by atoms with van der Waals surface area (Å²) in [6.07, 6.45) is 4.57. The third kappa shape index (κ3) is 3.30. The Morgan fingerprint density at radius 1 is 1.27 bits per heavy atom. The van der Waals surface area contributed by atoms with Gasteiger partial charge in [0.05, 0.1) is 12.2 Å². The van der Waals surface area contributed by atoms with Crippen molar-refractivity contribution in [2.24, 2.45) is 7.05 Å². The molecule has 1 aliphatic carbocycles. The zero-order valence-electron chi connectivity index (χ0n) is 12.8. The van der Waals surface area contributed by atoms with Gasteiger partial charge in [0.25, 0.3) is 5.91 Å². The number of amides is 1. The highest BCUT2D eigenvalue weighted by atomic mass is 16.5. The van der Waals surface area contributed by atoms with Crippen LogP contribution in [0, 0.1) is 0 Å². The van der Waals surface area contributed by atoms with Gasteiger partial charge < -0.3 is 14.6 Å². The number of hydrogen-bond acceptors (Lipinski definition) is 3. The number of aryl methyl sites for hydroxylation is 1. The van der Waals surface area contributed by atoms with Crippen LogP contribution in [0.2, 0.25) is 0 Å². The lowest BCUT2D eigenvalue weighted by molar-refractivity contribution is -0.123. The van der Waals surface area contributed by atoms with E-state index in [0.717, 1.165) is 18.7 Å². The van der Waals surface area contributed by atoms with Gasteiger partial charge in [-0.3, -0.25) is 4.79 Å². The molecule has 0 saturated heterocycles. The van der Waals surface area contributed by atoms with Gasteiger partial charge in [0.15, 0.2) is 6.61 Å². The molecule has 0 radical (unpaired) electrons. The standard InChI is InChI=1S/C17H21N3O2/c1-20-15-10-6-5-9-14(15)19-16(20)11-18-17(21)12-22-13-7-3-2-4-8-13/h2-4,7-8H,5-6,9-12H2,1H3,(H,18,21). The predicted molar refractivity (Wildman–Crippen MR) is 83.6 cm³/mol. The molecule has 1 aromatic heterocycles. The summed E-state index contributed by atoms with van der Waals surface area (Å²) in [6, 6.07) is 9.34. The maximum atomic E-state index is 11.9. The van der Waals surface area contributed by atoms with E-state index in [-0.39, 0.29) is 12.5 Å². The lowest BCUT2D eigenvalue weighted by Crippen LogP contribution is -2.29. The second-order valence-corrected chi connectivity index (χ2v) is 5.57. The van der Waals surface area contributed by atoms with E-state index in [1.165, 1.54) is 24.2 Å². The van der Waals surface area contributed by atoms with Crippen LogP contribution in [0.5, 0.6) is 5.75 Å². The Bertz CT molecular complexity index is 649. The Morgan fingerprint density at radius 2 is 2.05 bits per heavy atom. The molecule has 5 heteroatoms. The molecule has 0 atom stereocenters. The molecule has 3 rings (SSSR count). The molecule has 0 saturated carbocycles. The molecule has 0 fully saturated rings. The van der Waals surface area contributed by atoms with E-state index in [2.05, 4.69) is 14.9 Å². The first kappa shape index (κ1) is 14.6. The summed E-state index contributed by atoms with van der Waals surface area (Å²) in [4.78, 5) is 16.5. The van der Waals surface area contributed by atoms with E-state index in [1.807, 2.05) is 37.4 Å². The van der Waals surface area contributed by atoms with Gasteiger partial charge in [-0.25, -0.2) is 4.98 Å². The highest BCUT2D eigenvalue weighted by Crippen LogP contribution is 2.21. The zero-order valence-corrected chi connectivity index (χ0v) is 12.8. The Labute approximate surface area is 130 Å². The minimum Gasteiger partial charge on any atom is -0.484 e. The Kier molecular flexibility index (Phi) is 4.42. The fourth-order valence-electron chi connectivity index (χ4n) is 2.79. The molecule has 5 nitrogen and oxygen atoms in total. The molecule has 1 aliphatic rings. The van der Waals surface area contributed by atoms with Crippen LogP contribution in [0.3, 0.4) is 0 Å². The summed E-state index contributed by atoms with van der Waals surface area (Å²) in [5, 5.41) is 2.87. The van der Waals surface area contributed by atoms with Crippen LogP contribution in [0.15, 0.2) is 30.3 Å². The topological polar surface area (TPSA) is 56.2 Å². The van der Waals surface area contributed by atoms with Crippen molar-refractivity contribution in [2.75, 3.05) is 6.61 Å². The first-order valence-corrected chi connectivity index (χ1v) is 7.72. The second-order valence-electron chi connectivity index (χ2n) is 5.57. The second kappa shape index (κ2) is 6.64. The van der Waals surface area contributed by atoms with Crippen molar-refractivity contribution in [3.8, 4) is 5.75 Å². The summed E-state index contributed by atoms with van der Waals surface area (Å²) in [5.41, 5.74) is 2.51. The number of hydrogen-bond donors (Lipinski definition) is 1. The maximum absolute atomic E-state index is 11.9.